The predicted molar refractivity (Wildman–Crippen MR) is 76.2 cm³/mol. The van der Waals surface area contributed by atoms with E-state index in [1.54, 1.807) is 25.1 Å². The minimum absolute atomic E-state index is 0.0347. The summed E-state index contributed by atoms with van der Waals surface area (Å²) < 4.78 is 0. The fourth-order valence-corrected chi connectivity index (χ4v) is 1.90. The fraction of sp³-hybridized carbons (Fsp3) is 0.462. The molecule has 0 radical (unpaired) electrons. The highest BCUT2D eigenvalue weighted by Gasteiger charge is 2.23. The first-order chi connectivity index (χ1) is 9.32. The zero-order valence-electron chi connectivity index (χ0n) is 11.9. The molecule has 1 N–H and O–H groups in total. The van der Waals surface area contributed by atoms with E-state index in [4.69, 9.17) is 5.11 Å². The number of likely N-dealkylation sites (N-methyl/N-ethyl adjacent to an activating group) is 1. The standard InChI is InChI=1S/C13H19N3O4/c1-10-5-4-6-11(13(10)16(19)20)15(9-12(17)18)8-7-14(2)3/h4-6H,7-9H2,1-3H3,(H,17,18). The summed E-state index contributed by atoms with van der Waals surface area (Å²) >= 11 is 0. The molecule has 0 aliphatic carbocycles. The van der Waals surface area contributed by atoms with Gasteiger partial charge in [0.05, 0.1) is 4.92 Å². The lowest BCUT2D eigenvalue weighted by molar-refractivity contribution is -0.384. The molecule has 0 unspecified atom stereocenters. The number of rotatable bonds is 7. The maximum absolute atomic E-state index is 11.2. The van der Waals surface area contributed by atoms with Gasteiger partial charge in [0, 0.05) is 18.7 Å². The average molecular weight is 281 g/mol. The summed E-state index contributed by atoms with van der Waals surface area (Å²) in [4.78, 5) is 25.1. The van der Waals surface area contributed by atoms with Crippen LogP contribution in [0.1, 0.15) is 5.56 Å². The highest BCUT2D eigenvalue weighted by molar-refractivity contribution is 5.77. The Labute approximate surface area is 117 Å². The van der Waals surface area contributed by atoms with Gasteiger partial charge in [-0.05, 0) is 27.1 Å². The minimum atomic E-state index is -1.01. The second-order valence-electron chi connectivity index (χ2n) is 4.82. The van der Waals surface area contributed by atoms with Crippen LogP contribution >= 0.6 is 0 Å². The van der Waals surface area contributed by atoms with Crippen LogP contribution in [0.5, 0.6) is 0 Å². The van der Waals surface area contributed by atoms with Gasteiger partial charge in [-0.2, -0.15) is 0 Å². The zero-order valence-corrected chi connectivity index (χ0v) is 11.9. The molecule has 0 amide bonds. The number of carboxylic acids is 1. The minimum Gasteiger partial charge on any atom is -0.480 e. The number of aryl methyl sites for hydroxylation is 1. The SMILES string of the molecule is Cc1cccc(N(CCN(C)C)CC(=O)O)c1[N+](=O)[O-]. The topological polar surface area (TPSA) is 86.9 Å². The summed E-state index contributed by atoms with van der Waals surface area (Å²) in [6.07, 6.45) is 0. The molecule has 0 aliphatic rings. The van der Waals surface area contributed by atoms with E-state index >= 15 is 0 Å². The molecule has 0 aromatic heterocycles. The molecule has 0 saturated heterocycles. The van der Waals surface area contributed by atoms with E-state index < -0.39 is 10.9 Å². The van der Waals surface area contributed by atoms with Crippen LogP contribution in [0.15, 0.2) is 18.2 Å². The smallest absolute Gasteiger partial charge is 0.323 e. The van der Waals surface area contributed by atoms with E-state index in [-0.39, 0.29) is 12.2 Å². The van der Waals surface area contributed by atoms with Crippen LogP contribution in [0, 0.1) is 17.0 Å². The summed E-state index contributed by atoms with van der Waals surface area (Å²) in [7, 11) is 3.73. The molecule has 0 spiro atoms. The lowest BCUT2D eigenvalue weighted by Crippen LogP contribution is -2.36. The maximum atomic E-state index is 11.2. The summed E-state index contributed by atoms with van der Waals surface area (Å²) in [6.45, 7) is 2.40. The van der Waals surface area contributed by atoms with Crippen LogP contribution in [-0.4, -0.2) is 54.6 Å². The fourth-order valence-electron chi connectivity index (χ4n) is 1.90. The maximum Gasteiger partial charge on any atom is 0.323 e. The predicted octanol–water partition coefficient (Wildman–Crippen LogP) is 1.36. The van der Waals surface area contributed by atoms with E-state index in [0.29, 0.717) is 24.3 Å². The normalized spacial score (nSPS) is 10.6. The van der Waals surface area contributed by atoms with E-state index in [9.17, 15) is 14.9 Å². The number of carboxylic acid groups (broad SMARTS) is 1. The Morgan fingerprint density at radius 1 is 1.35 bits per heavy atom. The lowest BCUT2D eigenvalue weighted by Gasteiger charge is -2.24. The van der Waals surface area contributed by atoms with E-state index in [1.165, 1.54) is 4.90 Å². The number of anilines is 1. The number of benzene rings is 1. The van der Waals surface area contributed by atoms with Gasteiger partial charge in [0.2, 0.25) is 0 Å². The van der Waals surface area contributed by atoms with Crippen molar-refractivity contribution in [2.75, 3.05) is 38.6 Å². The molecule has 1 aromatic carbocycles. The number of nitro groups is 1. The number of hydrogen-bond acceptors (Lipinski definition) is 5. The van der Waals surface area contributed by atoms with Gasteiger partial charge in [-0.1, -0.05) is 12.1 Å². The van der Waals surface area contributed by atoms with Crippen LogP contribution in [-0.2, 0) is 4.79 Å². The number of carbonyl (C=O) groups is 1. The van der Waals surface area contributed by atoms with Crippen molar-refractivity contribution < 1.29 is 14.8 Å². The molecule has 20 heavy (non-hydrogen) atoms. The van der Waals surface area contributed by atoms with Crippen molar-refractivity contribution in [3.63, 3.8) is 0 Å². The number of nitro benzene ring substituents is 1. The van der Waals surface area contributed by atoms with Crippen LogP contribution in [0.25, 0.3) is 0 Å². The molecule has 7 nitrogen and oxygen atoms in total. The number of nitrogens with zero attached hydrogens (tertiary/aromatic N) is 3. The van der Waals surface area contributed by atoms with E-state index in [2.05, 4.69) is 0 Å². The lowest BCUT2D eigenvalue weighted by atomic mass is 10.1. The molecule has 0 bridgehead atoms. The number of para-hydroxylation sites is 1. The third-order valence-electron chi connectivity index (χ3n) is 2.88. The molecule has 0 atom stereocenters. The summed E-state index contributed by atoms with van der Waals surface area (Å²) in [5, 5.41) is 20.2. The molecule has 0 fully saturated rings. The zero-order chi connectivity index (χ0) is 15.3. The van der Waals surface area contributed by atoms with Crippen molar-refractivity contribution in [1.82, 2.24) is 4.90 Å². The molecule has 0 saturated carbocycles. The molecule has 1 aromatic rings. The van der Waals surface area contributed by atoms with Gasteiger partial charge >= 0.3 is 5.97 Å². The highest BCUT2D eigenvalue weighted by Crippen LogP contribution is 2.31. The first-order valence-corrected chi connectivity index (χ1v) is 6.18. The second-order valence-corrected chi connectivity index (χ2v) is 4.82. The molecule has 0 heterocycles. The van der Waals surface area contributed by atoms with Crippen molar-refractivity contribution >= 4 is 17.3 Å². The van der Waals surface area contributed by atoms with Crippen molar-refractivity contribution in [3.05, 3.63) is 33.9 Å². The van der Waals surface area contributed by atoms with Crippen LogP contribution in [0.3, 0.4) is 0 Å². The van der Waals surface area contributed by atoms with E-state index in [1.807, 2.05) is 19.0 Å². The van der Waals surface area contributed by atoms with Crippen LogP contribution in [0.2, 0.25) is 0 Å². The van der Waals surface area contributed by atoms with Crippen LogP contribution in [0.4, 0.5) is 11.4 Å². The van der Waals surface area contributed by atoms with Gasteiger partial charge in [-0.25, -0.2) is 0 Å². The monoisotopic (exact) mass is 281 g/mol. The third kappa shape index (κ3) is 4.20. The van der Waals surface area contributed by atoms with Gasteiger partial charge < -0.3 is 14.9 Å². The van der Waals surface area contributed by atoms with Crippen LogP contribution < -0.4 is 4.90 Å². The summed E-state index contributed by atoms with van der Waals surface area (Å²) in [6, 6.07) is 4.93. The van der Waals surface area contributed by atoms with Gasteiger partial charge in [-0.3, -0.25) is 14.9 Å². The molecule has 1 rings (SSSR count). The number of aliphatic carboxylic acids is 1. The van der Waals surface area contributed by atoms with Crippen molar-refractivity contribution in [2.24, 2.45) is 0 Å². The Hall–Kier alpha value is -2.15. The summed E-state index contributed by atoms with van der Waals surface area (Å²) in [5.74, 6) is -1.01. The Bertz CT molecular complexity index is 502. The van der Waals surface area contributed by atoms with Gasteiger partial charge in [-0.15, -0.1) is 0 Å². The molecule has 0 aliphatic heterocycles. The number of hydrogen-bond donors (Lipinski definition) is 1. The van der Waals surface area contributed by atoms with Gasteiger partial charge in [0.1, 0.15) is 12.2 Å². The second kappa shape index (κ2) is 6.85. The first kappa shape index (κ1) is 15.9. The van der Waals surface area contributed by atoms with Crippen molar-refractivity contribution in [2.45, 2.75) is 6.92 Å². The average Bonchev–Trinajstić information content (AvgIpc) is 2.33. The molecule has 7 heteroatoms. The Morgan fingerprint density at radius 2 is 2.00 bits per heavy atom. The highest BCUT2D eigenvalue weighted by atomic mass is 16.6. The molecular weight excluding hydrogens is 262 g/mol. The summed E-state index contributed by atoms with van der Waals surface area (Å²) in [5.41, 5.74) is 0.833. The largest absolute Gasteiger partial charge is 0.480 e. The Balaban J connectivity index is 3.15. The first-order valence-electron chi connectivity index (χ1n) is 6.18. The van der Waals surface area contributed by atoms with Gasteiger partial charge in [0.15, 0.2) is 0 Å². The quantitative estimate of drug-likeness (QED) is 0.599. The molecular formula is C13H19N3O4. The van der Waals surface area contributed by atoms with Gasteiger partial charge in [0.25, 0.3) is 5.69 Å². The van der Waals surface area contributed by atoms with Crippen molar-refractivity contribution in [1.29, 1.82) is 0 Å². The van der Waals surface area contributed by atoms with E-state index in [0.717, 1.165) is 0 Å². The molecule has 110 valence electrons. The Morgan fingerprint density at radius 3 is 2.50 bits per heavy atom. The third-order valence-corrected chi connectivity index (χ3v) is 2.88. The van der Waals surface area contributed by atoms with Crippen molar-refractivity contribution in [3.8, 4) is 0 Å². The Kier molecular flexibility index (Phi) is 5.45.